The number of aliphatic hydroxyl groups is 1. The SMILES string of the molecule is CCC(C)(CO)NC(=O)C(C)CCCC(C)N. The fraction of sp³-hybridized carbons (Fsp3) is 0.923. The van der Waals surface area contributed by atoms with Crippen LogP contribution < -0.4 is 11.1 Å². The second-order valence-electron chi connectivity index (χ2n) is 5.37. The van der Waals surface area contributed by atoms with Crippen LogP contribution >= 0.6 is 0 Å². The summed E-state index contributed by atoms with van der Waals surface area (Å²) in [5, 5.41) is 12.1. The van der Waals surface area contributed by atoms with Gasteiger partial charge in [0.05, 0.1) is 12.1 Å². The number of aliphatic hydroxyl groups excluding tert-OH is 1. The van der Waals surface area contributed by atoms with Gasteiger partial charge in [-0.15, -0.1) is 0 Å². The molecule has 102 valence electrons. The molecule has 0 aliphatic rings. The molecule has 17 heavy (non-hydrogen) atoms. The van der Waals surface area contributed by atoms with E-state index >= 15 is 0 Å². The smallest absolute Gasteiger partial charge is 0.223 e. The van der Waals surface area contributed by atoms with Gasteiger partial charge >= 0.3 is 0 Å². The van der Waals surface area contributed by atoms with E-state index in [0.29, 0.717) is 0 Å². The molecule has 3 atom stereocenters. The van der Waals surface area contributed by atoms with E-state index in [4.69, 9.17) is 5.73 Å². The van der Waals surface area contributed by atoms with Crippen molar-refractivity contribution in [2.75, 3.05) is 6.61 Å². The van der Waals surface area contributed by atoms with Crippen molar-refractivity contribution in [3.8, 4) is 0 Å². The molecule has 0 bridgehead atoms. The molecule has 0 aliphatic heterocycles. The lowest BCUT2D eigenvalue weighted by molar-refractivity contribution is -0.127. The maximum absolute atomic E-state index is 11.9. The minimum atomic E-state index is -0.494. The molecular weight excluding hydrogens is 216 g/mol. The number of hydrogen-bond donors (Lipinski definition) is 3. The highest BCUT2D eigenvalue weighted by Crippen LogP contribution is 2.13. The van der Waals surface area contributed by atoms with E-state index in [9.17, 15) is 9.90 Å². The largest absolute Gasteiger partial charge is 0.394 e. The summed E-state index contributed by atoms with van der Waals surface area (Å²) < 4.78 is 0. The third kappa shape index (κ3) is 6.64. The molecule has 0 heterocycles. The average molecular weight is 244 g/mol. The van der Waals surface area contributed by atoms with E-state index in [1.54, 1.807) is 0 Å². The van der Waals surface area contributed by atoms with Crippen LogP contribution in [0.3, 0.4) is 0 Å². The minimum absolute atomic E-state index is 0.0214. The Labute approximate surface area is 105 Å². The van der Waals surface area contributed by atoms with E-state index in [2.05, 4.69) is 5.32 Å². The highest BCUT2D eigenvalue weighted by Gasteiger charge is 2.25. The fourth-order valence-corrected chi connectivity index (χ4v) is 1.54. The van der Waals surface area contributed by atoms with Crippen LogP contribution in [-0.4, -0.2) is 29.2 Å². The zero-order valence-electron chi connectivity index (χ0n) is 11.6. The van der Waals surface area contributed by atoms with E-state index in [-0.39, 0.29) is 24.5 Å². The van der Waals surface area contributed by atoms with Gasteiger partial charge in [-0.2, -0.15) is 0 Å². The monoisotopic (exact) mass is 244 g/mol. The van der Waals surface area contributed by atoms with Crippen molar-refractivity contribution in [2.45, 2.75) is 65.0 Å². The maximum Gasteiger partial charge on any atom is 0.223 e. The summed E-state index contributed by atoms with van der Waals surface area (Å²) in [4.78, 5) is 11.9. The van der Waals surface area contributed by atoms with Gasteiger partial charge in [-0.3, -0.25) is 4.79 Å². The number of hydrogen-bond acceptors (Lipinski definition) is 3. The van der Waals surface area contributed by atoms with Crippen molar-refractivity contribution in [3.05, 3.63) is 0 Å². The Bertz CT molecular complexity index is 225. The first-order chi connectivity index (χ1) is 7.84. The quantitative estimate of drug-likeness (QED) is 0.604. The number of nitrogens with one attached hydrogen (secondary N) is 1. The Balaban J connectivity index is 4.05. The summed E-state index contributed by atoms with van der Waals surface area (Å²) in [6.07, 6.45) is 3.48. The number of nitrogens with two attached hydrogens (primary N) is 1. The Morgan fingerprint density at radius 1 is 1.41 bits per heavy atom. The molecule has 0 spiro atoms. The van der Waals surface area contributed by atoms with Gasteiger partial charge in [-0.05, 0) is 33.1 Å². The van der Waals surface area contributed by atoms with Crippen molar-refractivity contribution in [1.82, 2.24) is 5.32 Å². The fourth-order valence-electron chi connectivity index (χ4n) is 1.54. The number of carbonyl (C=O) groups excluding carboxylic acids is 1. The maximum atomic E-state index is 11.9. The van der Waals surface area contributed by atoms with Crippen molar-refractivity contribution in [3.63, 3.8) is 0 Å². The minimum Gasteiger partial charge on any atom is -0.394 e. The van der Waals surface area contributed by atoms with Gasteiger partial charge in [0.1, 0.15) is 0 Å². The topological polar surface area (TPSA) is 75.3 Å². The zero-order chi connectivity index (χ0) is 13.5. The summed E-state index contributed by atoms with van der Waals surface area (Å²) in [5.41, 5.74) is 5.17. The van der Waals surface area contributed by atoms with Crippen LogP contribution in [-0.2, 0) is 4.79 Å². The Hall–Kier alpha value is -0.610. The van der Waals surface area contributed by atoms with Crippen molar-refractivity contribution in [2.24, 2.45) is 11.7 Å². The van der Waals surface area contributed by atoms with Gasteiger partial charge in [-0.25, -0.2) is 0 Å². The summed E-state index contributed by atoms with van der Waals surface area (Å²) in [6.45, 7) is 7.69. The number of carbonyl (C=O) groups is 1. The van der Waals surface area contributed by atoms with Crippen molar-refractivity contribution >= 4 is 5.91 Å². The Morgan fingerprint density at radius 3 is 2.41 bits per heavy atom. The third-order valence-electron chi connectivity index (χ3n) is 3.30. The first-order valence-electron chi connectivity index (χ1n) is 6.53. The lowest BCUT2D eigenvalue weighted by atomic mass is 9.96. The van der Waals surface area contributed by atoms with Gasteiger partial charge in [0.25, 0.3) is 0 Å². The summed E-state index contributed by atoms with van der Waals surface area (Å²) >= 11 is 0. The molecular formula is C13H28N2O2. The van der Waals surface area contributed by atoms with Crippen LogP contribution in [0.4, 0.5) is 0 Å². The van der Waals surface area contributed by atoms with Crippen molar-refractivity contribution < 1.29 is 9.90 Å². The van der Waals surface area contributed by atoms with Gasteiger partial charge in [-0.1, -0.05) is 20.3 Å². The van der Waals surface area contributed by atoms with Gasteiger partial charge in [0.2, 0.25) is 5.91 Å². The van der Waals surface area contributed by atoms with Crippen LogP contribution in [0.5, 0.6) is 0 Å². The molecule has 0 aromatic heterocycles. The van der Waals surface area contributed by atoms with E-state index in [0.717, 1.165) is 25.7 Å². The molecule has 0 aliphatic carbocycles. The predicted octanol–water partition coefficient (Wildman–Crippen LogP) is 1.42. The van der Waals surface area contributed by atoms with Crippen molar-refractivity contribution in [1.29, 1.82) is 0 Å². The molecule has 0 rings (SSSR count). The zero-order valence-corrected chi connectivity index (χ0v) is 11.6. The first-order valence-corrected chi connectivity index (χ1v) is 6.53. The van der Waals surface area contributed by atoms with Crippen LogP contribution in [0.15, 0.2) is 0 Å². The lowest BCUT2D eigenvalue weighted by Crippen LogP contribution is -2.50. The normalized spacial score (nSPS) is 18.2. The summed E-state index contributed by atoms with van der Waals surface area (Å²) in [6, 6.07) is 0.198. The molecule has 4 nitrogen and oxygen atoms in total. The van der Waals surface area contributed by atoms with Crippen LogP contribution in [0.2, 0.25) is 0 Å². The molecule has 3 unspecified atom stereocenters. The molecule has 1 amide bonds. The van der Waals surface area contributed by atoms with Crippen LogP contribution in [0, 0.1) is 5.92 Å². The molecule has 0 saturated carbocycles. The second-order valence-corrected chi connectivity index (χ2v) is 5.37. The molecule has 4 N–H and O–H groups in total. The van der Waals surface area contributed by atoms with Gasteiger partial charge in [0, 0.05) is 12.0 Å². The first kappa shape index (κ1) is 16.4. The van der Waals surface area contributed by atoms with Gasteiger partial charge < -0.3 is 16.2 Å². The Kier molecular flexibility index (Phi) is 7.39. The molecule has 0 saturated heterocycles. The van der Waals surface area contributed by atoms with Crippen LogP contribution in [0.1, 0.15) is 53.4 Å². The standard InChI is InChI=1S/C13H28N2O2/c1-5-13(4,9-16)15-12(17)10(2)7-6-8-11(3)14/h10-11,16H,5-9,14H2,1-4H3,(H,15,17). The lowest BCUT2D eigenvalue weighted by Gasteiger charge is -2.28. The third-order valence-corrected chi connectivity index (χ3v) is 3.30. The number of rotatable bonds is 8. The van der Waals surface area contributed by atoms with Crippen LogP contribution in [0.25, 0.3) is 0 Å². The molecule has 0 fully saturated rings. The van der Waals surface area contributed by atoms with E-state index in [1.165, 1.54) is 0 Å². The molecule has 0 aromatic rings. The Morgan fingerprint density at radius 2 is 2.00 bits per heavy atom. The predicted molar refractivity (Wildman–Crippen MR) is 70.6 cm³/mol. The van der Waals surface area contributed by atoms with E-state index in [1.807, 2.05) is 27.7 Å². The summed E-state index contributed by atoms with van der Waals surface area (Å²) in [5.74, 6) is -0.000695. The van der Waals surface area contributed by atoms with E-state index < -0.39 is 5.54 Å². The summed E-state index contributed by atoms with van der Waals surface area (Å²) in [7, 11) is 0. The average Bonchev–Trinajstić information content (AvgIpc) is 2.28. The number of amides is 1. The molecule has 0 radical (unpaired) electrons. The second kappa shape index (κ2) is 7.67. The highest BCUT2D eigenvalue weighted by molar-refractivity contribution is 5.79. The highest BCUT2D eigenvalue weighted by atomic mass is 16.3. The molecule has 4 heteroatoms. The molecule has 0 aromatic carbocycles. The van der Waals surface area contributed by atoms with Gasteiger partial charge in [0.15, 0.2) is 0 Å².